The Kier molecular flexibility index (Phi) is 4.84. The van der Waals surface area contributed by atoms with Crippen LogP contribution in [0.5, 0.6) is 5.75 Å². The van der Waals surface area contributed by atoms with Crippen molar-refractivity contribution in [2.75, 3.05) is 11.1 Å². The maximum absolute atomic E-state index is 11.7. The van der Waals surface area contributed by atoms with Gasteiger partial charge in [0.1, 0.15) is 11.8 Å². The first-order valence-electron chi connectivity index (χ1n) is 5.01. The lowest BCUT2D eigenvalue weighted by atomic mass is 10.2. The average Bonchev–Trinajstić information content (AvgIpc) is 2.28. The van der Waals surface area contributed by atoms with Gasteiger partial charge in [0.2, 0.25) is 11.8 Å². The molecule has 0 heterocycles. The van der Waals surface area contributed by atoms with Gasteiger partial charge in [0.15, 0.2) is 0 Å². The van der Waals surface area contributed by atoms with Crippen LogP contribution in [0.3, 0.4) is 0 Å². The lowest BCUT2D eigenvalue weighted by Crippen LogP contribution is -2.44. The fourth-order valence-electron chi connectivity index (χ4n) is 1.21. The van der Waals surface area contributed by atoms with Crippen molar-refractivity contribution in [1.82, 2.24) is 5.32 Å². The molecule has 0 saturated heterocycles. The van der Waals surface area contributed by atoms with Crippen LogP contribution in [-0.2, 0) is 9.59 Å². The molecular weight excluding hydrogens is 240 g/mol. The number of thiol groups is 1. The minimum absolute atomic E-state index is 0.121. The van der Waals surface area contributed by atoms with Crippen molar-refractivity contribution < 1.29 is 14.7 Å². The Bertz CT molecular complexity index is 406. The van der Waals surface area contributed by atoms with E-state index in [0.717, 1.165) is 0 Å². The Balaban J connectivity index is 2.63. The van der Waals surface area contributed by atoms with Crippen LogP contribution in [0.25, 0.3) is 0 Å². The average molecular weight is 254 g/mol. The van der Waals surface area contributed by atoms with Gasteiger partial charge in [-0.15, -0.1) is 0 Å². The maximum atomic E-state index is 11.7. The number of amides is 2. The Labute approximate surface area is 105 Å². The zero-order chi connectivity index (χ0) is 12.8. The maximum Gasteiger partial charge on any atom is 0.247 e. The molecule has 0 radical (unpaired) electrons. The van der Waals surface area contributed by atoms with Gasteiger partial charge < -0.3 is 15.7 Å². The number of benzene rings is 1. The second-order valence-corrected chi connectivity index (χ2v) is 3.84. The summed E-state index contributed by atoms with van der Waals surface area (Å²) in [6, 6.07) is 5.38. The van der Waals surface area contributed by atoms with E-state index in [1.54, 1.807) is 12.1 Å². The molecule has 2 amide bonds. The predicted molar refractivity (Wildman–Crippen MR) is 68.2 cm³/mol. The number of aromatic hydroxyl groups is 1. The van der Waals surface area contributed by atoms with E-state index in [0.29, 0.717) is 5.69 Å². The van der Waals surface area contributed by atoms with Gasteiger partial charge in [-0.05, 0) is 24.3 Å². The molecule has 92 valence electrons. The van der Waals surface area contributed by atoms with Gasteiger partial charge in [0, 0.05) is 18.4 Å². The number of hydrogen-bond donors (Lipinski definition) is 4. The highest BCUT2D eigenvalue weighted by molar-refractivity contribution is 7.80. The van der Waals surface area contributed by atoms with Crippen molar-refractivity contribution in [3.8, 4) is 5.75 Å². The van der Waals surface area contributed by atoms with Gasteiger partial charge in [0.25, 0.3) is 0 Å². The molecule has 0 bridgehead atoms. The molecule has 3 N–H and O–H groups in total. The van der Waals surface area contributed by atoms with E-state index in [1.165, 1.54) is 19.1 Å². The molecule has 1 aromatic rings. The first-order valence-corrected chi connectivity index (χ1v) is 5.64. The topological polar surface area (TPSA) is 78.4 Å². The highest BCUT2D eigenvalue weighted by Gasteiger charge is 2.17. The fourth-order valence-corrected chi connectivity index (χ4v) is 1.47. The first-order chi connectivity index (χ1) is 8.02. The standard InChI is InChI=1S/C11H14N2O3S/c1-7(14)12-10(6-17)11(16)13-8-2-4-9(15)5-3-8/h2-5,10,15,17H,6H2,1H3,(H,12,14)(H,13,16). The third-order valence-corrected chi connectivity index (χ3v) is 2.38. The molecule has 0 fully saturated rings. The molecule has 1 aromatic carbocycles. The van der Waals surface area contributed by atoms with E-state index in [-0.39, 0.29) is 23.3 Å². The fraction of sp³-hybridized carbons (Fsp3) is 0.273. The molecule has 5 nitrogen and oxygen atoms in total. The summed E-state index contributed by atoms with van der Waals surface area (Å²) in [5.41, 5.74) is 0.546. The number of phenols is 1. The third kappa shape index (κ3) is 4.36. The van der Waals surface area contributed by atoms with Crippen molar-refractivity contribution >= 4 is 30.1 Å². The van der Waals surface area contributed by atoms with E-state index in [4.69, 9.17) is 5.11 Å². The first kappa shape index (κ1) is 13.4. The van der Waals surface area contributed by atoms with Gasteiger partial charge >= 0.3 is 0 Å². The second-order valence-electron chi connectivity index (χ2n) is 3.47. The quantitative estimate of drug-likeness (QED) is 0.473. The predicted octanol–water partition coefficient (Wildman–Crippen LogP) is 0.765. The number of hydrogen-bond acceptors (Lipinski definition) is 4. The smallest absolute Gasteiger partial charge is 0.247 e. The van der Waals surface area contributed by atoms with Crippen LogP contribution in [0.4, 0.5) is 5.69 Å². The number of rotatable bonds is 4. The summed E-state index contributed by atoms with van der Waals surface area (Å²) >= 11 is 4.00. The Hall–Kier alpha value is -1.69. The molecule has 0 spiro atoms. The number of phenolic OH excluding ortho intramolecular Hbond substituents is 1. The number of carbonyl (C=O) groups excluding carboxylic acids is 2. The van der Waals surface area contributed by atoms with E-state index < -0.39 is 6.04 Å². The molecule has 0 saturated carbocycles. The number of carbonyl (C=O) groups is 2. The molecule has 0 aliphatic rings. The Morgan fingerprint density at radius 2 is 1.94 bits per heavy atom. The van der Waals surface area contributed by atoms with Crippen molar-refractivity contribution in [1.29, 1.82) is 0 Å². The van der Waals surface area contributed by atoms with Crippen LogP contribution in [0.2, 0.25) is 0 Å². The van der Waals surface area contributed by atoms with Crippen LogP contribution in [0, 0.1) is 0 Å². The Morgan fingerprint density at radius 1 is 1.35 bits per heavy atom. The highest BCUT2D eigenvalue weighted by atomic mass is 32.1. The third-order valence-electron chi connectivity index (χ3n) is 2.01. The lowest BCUT2D eigenvalue weighted by molar-refractivity contribution is -0.124. The minimum atomic E-state index is -0.676. The summed E-state index contributed by atoms with van der Waals surface area (Å²) in [4.78, 5) is 22.6. The molecule has 0 aliphatic heterocycles. The van der Waals surface area contributed by atoms with E-state index in [9.17, 15) is 9.59 Å². The van der Waals surface area contributed by atoms with Gasteiger partial charge in [-0.3, -0.25) is 9.59 Å². The van der Waals surface area contributed by atoms with Crippen LogP contribution in [0.15, 0.2) is 24.3 Å². The monoisotopic (exact) mass is 254 g/mol. The van der Waals surface area contributed by atoms with Crippen molar-refractivity contribution in [2.45, 2.75) is 13.0 Å². The summed E-state index contributed by atoms with van der Waals surface area (Å²) in [5.74, 6) is -0.301. The lowest BCUT2D eigenvalue weighted by Gasteiger charge is -2.15. The number of nitrogens with one attached hydrogen (secondary N) is 2. The number of anilines is 1. The zero-order valence-corrected chi connectivity index (χ0v) is 10.2. The molecule has 0 aromatic heterocycles. The molecule has 1 atom stereocenters. The largest absolute Gasteiger partial charge is 0.508 e. The van der Waals surface area contributed by atoms with Crippen LogP contribution < -0.4 is 10.6 Å². The van der Waals surface area contributed by atoms with Gasteiger partial charge in [-0.2, -0.15) is 12.6 Å². The van der Waals surface area contributed by atoms with E-state index >= 15 is 0 Å². The van der Waals surface area contributed by atoms with E-state index in [1.807, 2.05) is 0 Å². The van der Waals surface area contributed by atoms with Crippen LogP contribution in [-0.4, -0.2) is 28.7 Å². The summed E-state index contributed by atoms with van der Waals surface area (Å²) in [5, 5.41) is 14.2. The SMILES string of the molecule is CC(=O)NC(CS)C(=O)Nc1ccc(O)cc1. The van der Waals surface area contributed by atoms with Crippen molar-refractivity contribution in [2.24, 2.45) is 0 Å². The molecule has 17 heavy (non-hydrogen) atoms. The summed E-state index contributed by atoms with van der Waals surface area (Å²) < 4.78 is 0. The second kappa shape index (κ2) is 6.15. The molecule has 0 aliphatic carbocycles. The molecular formula is C11H14N2O3S. The van der Waals surface area contributed by atoms with Gasteiger partial charge in [0.05, 0.1) is 0 Å². The van der Waals surface area contributed by atoms with E-state index in [2.05, 4.69) is 23.3 Å². The summed E-state index contributed by atoms with van der Waals surface area (Å²) in [6.07, 6.45) is 0. The van der Waals surface area contributed by atoms with Crippen molar-refractivity contribution in [3.63, 3.8) is 0 Å². The van der Waals surface area contributed by atoms with Gasteiger partial charge in [-0.1, -0.05) is 0 Å². The van der Waals surface area contributed by atoms with Crippen LogP contribution >= 0.6 is 12.6 Å². The normalized spacial score (nSPS) is 11.6. The minimum Gasteiger partial charge on any atom is -0.508 e. The molecule has 6 heteroatoms. The van der Waals surface area contributed by atoms with Crippen LogP contribution in [0.1, 0.15) is 6.92 Å². The summed E-state index contributed by atoms with van der Waals surface area (Å²) in [7, 11) is 0. The van der Waals surface area contributed by atoms with Crippen molar-refractivity contribution in [3.05, 3.63) is 24.3 Å². The molecule has 1 unspecified atom stereocenters. The summed E-state index contributed by atoms with van der Waals surface area (Å²) in [6.45, 7) is 1.34. The van der Waals surface area contributed by atoms with Gasteiger partial charge in [-0.25, -0.2) is 0 Å². The Morgan fingerprint density at radius 3 is 2.41 bits per heavy atom. The highest BCUT2D eigenvalue weighted by Crippen LogP contribution is 2.13. The zero-order valence-electron chi connectivity index (χ0n) is 9.30. The molecule has 1 rings (SSSR count).